The molecule has 1 aromatic heterocycles. The number of nitrogens with zero attached hydrogens (tertiary/aromatic N) is 2. The standard InChI is InChI=1S/C25H19FN2O5S.Na/c1-32-17-7-4-15(5-8-17)24(29)18(11-14-3-10-22(33-2)19(26)12-14)23(25(30)31)16-6-9-20-21(13-16)28-34-27-20;/h3-10,12-13H,11H2,1-2H3,(H,30,31);/q;+1/p-1/b23-18-;. The number of allylic oxidation sites excluding steroid dienone is 1. The quantitative estimate of drug-likeness (QED) is 0.197. The molecule has 10 heteroatoms. The van der Waals surface area contributed by atoms with Gasteiger partial charge in [0, 0.05) is 23.1 Å². The van der Waals surface area contributed by atoms with Gasteiger partial charge in [-0.2, -0.15) is 8.75 Å². The molecule has 0 aliphatic carbocycles. The first-order chi connectivity index (χ1) is 16.4. The molecule has 1 heterocycles. The van der Waals surface area contributed by atoms with E-state index < -0.39 is 17.6 Å². The summed E-state index contributed by atoms with van der Waals surface area (Å²) in [6.07, 6.45) is -0.150. The summed E-state index contributed by atoms with van der Waals surface area (Å²) in [7, 11) is 2.84. The second-order valence-corrected chi connectivity index (χ2v) is 7.84. The fourth-order valence-electron chi connectivity index (χ4n) is 3.58. The number of rotatable bonds is 8. The van der Waals surface area contributed by atoms with E-state index in [0.717, 1.165) is 11.7 Å². The van der Waals surface area contributed by atoms with E-state index in [1.807, 2.05) is 0 Å². The normalized spacial score (nSPS) is 11.4. The molecule has 172 valence electrons. The number of benzene rings is 3. The van der Waals surface area contributed by atoms with Crippen LogP contribution in [0.2, 0.25) is 0 Å². The van der Waals surface area contributed by atoms with Gasteiger partial charge in [0.15, 0.2) is 17.3 Å². The van der Waals surface area contributed by atoms with E-state index in [2.05, 4.69) is 8.75 Å². The summed E-state index contributed by atoms with van der Waals surface area (Å²) in [4.78, 5) is 25.9. The maximum atomic E-state index is 14.3. The Morgan fingerprint density at radius 3 is 2.23 bits per heavy atom. The molecule has 35 heavy (non-hydrogen) atoms. The molecule has 0 atom stereocenters. The monoisotopic (exact) mass is 500 g/mol. The van der Waals surface area contributed by atoms with Crippen LogP contribution in [0, 0.1) is 5.82 Å². The van der Waals surface area contributed by atoms with Crippen molar-refractivity contribution in [3.8, 4) is 11.5 Å². The second kappa shape index (κ2) is 11.5. The number of hydrogen-bond acceptors (Lipinski definition) is 8. The van der Waals surface area contributed by atoms with Gasteiger partial charge in [0.2, 0.25) is 0 Å². The number of carbonyl (C=O) groups excluding carboxylic acids is 2. The minimum atomic E-state index is -1.53. The van der Waals surface area contributed by atoms with E-state index in [-0.39, 0.29) is 64.0 Å². The van der Waals surface area contributed by atoms with Crippen molar-refractivity contribution in [1.29, 1.82) is 0 Å². The summed E-state index contributed by atoms with van der Waals surface area (Å²) >= 11 is 0.993. The number of ether oxygens (including phenoxy) is 2. The maximum absolute atomic E-state index is 14.3. The van der Waals surface area contributed by atoms with Crippen molar-refractivity contribution < 1.29 is 58.1 Å². The van der Waals surface area contributed by atoms with Gasteiger partial charge in [0.1, 0.15) is 16.8 Å². The third-order valence-corrected chi connectivity index (χ3v) is 5.83. The average Bonchev–Trinajstić information content (AvgIpc) is 3.31. The zero-order valence-corrected chi connectivity index (χ0v) is 22.0. The molecule has 0 saturated carbocycles. The third kappa shape index (κ3) is 5.76. The Labute approximate surface area is 226 Å². The Balaban J connectivity index is 0.00000342. The van der Waals surface area contributed by atoms with Crippen molar-refractivity contribution in [1.82, 2.24) is 8.75 Å². The maximum Gasteiger partial charge on any atom is 1.00 e. The van der Waals surface area contributed by atoms with E-state index in [0.29, 0.717) is 22.3 Å². The van der Waals surface area contributed by atoms with Crippen LogP contribution >= 0.6 is 11.7 Å². The Morgan fingerprint density at radius 1 is 0.914 bits per heavy atom. The molecule has 3 aromatic carbocycles. The van der Waals surface area contributed by atoms with E-state index in [9.17, 15) is 19.1 Å². The Morgan fingerprint density at radius 2 is 1.60 bits per heavy atom. The summed E-state index contributed by atoms with van der Waals surface area (Å²) in [5, 5.41) is 12.3. The van der Waals surface area contributed by atoms with Gasteiger partial charge in [-0.05, 0) is 59.7 Å². The number of halogens is 1. The predicted molar refractivity (Wildman–Crippen MR) is 123 cm³/mol. The largest absolute Gasteiger partial charge is 1.00 e. The van der Waals surface area contributed by atoms with E-state index in [4.69, 9.17) is 9.47 Å². The van der Waals surface area contributed by atoms with Gasteiger partial charge in [0.05, 0.1) is 31.9 Å². The van der Waals surface area contributed by atoms with Crippen LogP contribution in [0.25, 0.3) is 16.6 Å². The van der Waals surface area contributed by atoms with Gasteiger partial charge in [-0.1, -0.05) is 12.1 Å². The third-order valence-electron chi connectivity index (χ3n) is 5.27. The summed E-state index contributed by atoms with van der Waals surface area (Å²) in [6, 6.07) is 15.2. The molecule has 0 aliphatic heterocycles. The Hall–Kier alpha value is -3.11. The minimum Gasteiger partial charge on any atom is -0.545 e. The van der Waals surface area contributed by atoms with Crippen molar-refractivity contribution in [2.45, 2.75) is 6.42 Å². The molecule has 0 unspecified atom stereocenters. The van der Waals surface area contributed by atoms with Gasteiger partial charge in [-0.15, -0.1) is 0 Å². The summed E-state index contributed by atoms with van der Waals surface area (Å²) < 4.78 is 32.7. The van der Waals surface area contributed by atoms with Gasteiger partial charge in [0.25, 0.3) is 0 Å². The summed E-state index contributed by atoms with van der Waals surface area (Å²) in [6.45, 7) is 0. The molecule has 4 aromatic rings. The Bertz CT molecular complexity index is 1420. The second-order valence-electron chi connectivity index (χ2n) is 7.31. The smallest absolute Gasteiger partial charge is 0.545 e. The van der Waals surface area contributed by atoms with Crippen molar-refractivity contribution in [2.75, 3.05) is 14.2 Å². The number of hydrogen-bond donors (Lipinski definition) is 0. The fraction of sp³-hybridized carbons (Fsp3) is 0.120. The number of fused-ring (bicyclic) bond motifs is 1. The fourth-order valence-corrected chi connectivity index (χ4v) is 4.09. The molecule has 0 N–H and O–H groups in total. The number of carboxylic acid groups (broad SMARTS) is 1. The van der Waals surface area contributed by atoms with Gasteiger partial charge in [-0.3, -0.25) is 4.79 Å². The number of methoxy groups -OCH3 is 2. The molecule has 0 fully saturated rings. The van der Waals surface area contributed by atoms with Gasteiger partial charge in [-0.25, -0.2) is 4.39 Å². The molecular weight excluding hydrogens is 482 g/mol. The first-order valence-electron chi connectivity index (χ1n) is 10.1. The molecule has 7 nitrogen and oxygen atoms in total. The van der Waals surface area contributed by atoms with Crippen LogP contribution in [0.15, 0.2) is 66.2 Å². The van der Waals surface area contributed by atoms with Crippen LogP contribution in [0.4, 0.5) is 4.39 Å². The van der Waals surface area contributed by atoms with Crippen molar-refractivity contribution in [2.24, 2.45) is 0 Å². The van der Waals surface area contributed by atoms with Crippen molar-refractivity contribution >= 4 is 40.1 Å². The zero-order chi connectivity index (χ0) is 24.2. The van der Waals surface area contributed by atoms with Crippen LogP contribution in [0.3, 0.4) is 0 Å². The first-order valence-corrected chi connectivity index (χ1v) is 10.8. The molecule has 0 spiro atoms. The van der Waals surface area contributed by atoms with Crippen molar-refractivity contribution in [3.05, 3.63) is 88.7 Å². The summed E-state index contributed by atoms with van der Waals surface area (Å²) in [5.74, 6) is -2.11. The number of ketones is 1. The number of aliphatic carboxylic acids is 1. The van der Waals surface area contributed by atoms with E-state index in [1.165, 1.54) is 38.5 Å². The number of carbonyl (C=O) groups is 2. The molecule has 0 radical (unpaired) electrons. The molecule has 0 amide bonds. The van der Waals surface area contributed by atoms with Crippen LogP contribution in [-0.4, -0.2) is 34.7 Å². The molecule has 4 rings (SSSR count). The summed E-state index contributed by atoms with van der Waals surface area (Å²) in [5.41, 5.74) is 1.63. The Kier molecular flexibility index (Phi) is 8.74. The van der Waals surface area contributed by atoms with Crippen LogP contribution < -0.4 is 44.1 Å². The zero-order valence-electron chi connectivity index (χ0n) is 19.2. The number of Topliss-reactive ketones (excluding diaryl/α,β-unsaturated/α-hetero) is 1. The predicted octanol–water partition coefficient (Wildman–Crippen LogP) is 0.481. The van der Waals surface area contributed by atoms with E-state index >= 15 is 0 Å². The first kappa shape index (κ1) is 26.5. The SMILES string of the molecule is COc1ccc(C(=O)/C(Cc2ccc(OC)c(F)c2)=C(\C(=O)[O-])c2ccc3nsnc3c2)cc1.[Na+]. The minimum absolute atomic E-state index is 0. The van der Waals surface area contributed by atoms with Gasteiger partial charge >= 0.3 is 29.6 Å². The number of aromatic nitrogens is 2. The number of carboxylic acids is 1. The van der Waals surface area contributed by atoms with Crippen LogP contribution in [0.1, 0.15) is 21.5 Å². The molecule has 0 bridgehead atoms. The molecule has 0 aliphatic rings. The van der Waals surface area contributed by atoms with Crippen LogP contribution in [-0.2, 0) is 11.2 Å². The molecule has 0 saturated heterocycles. The topological polar surface area (TPSA) is 101 Å². The van der Waals surface area contributed by atoms with Gasteiger partial charge < -0.3 is 19.4 Å². The van der Waals surface area contributed by atoms with Crippen LogP contribution in [0.5, 0.6) is 11.5 Å². The van der Waals surface area contributed by atoms with Crippen molar-refractivity contribution in [3.63, 3.8) is 0 Å². The molecular formula is C25H18FN2NaO5S. The average molecular weight is 500 g/mol. The van der Waals surface area contributed by atoms with E-state index in [1.54, 1.807) is 36.4 Å².